The fourth-order valence-electron chi connectivity index (χ4n) is 5.54. The predicted octanol–water partition coefficient (Wildman–Crippen LogP) is 11.1. The van der Waals surface area contributed by atoms with Gasteiger partial charge in [0.2, 0.25) is 11.6 Å². The summed E-state index contributed by atoms with van der Waals surface area (Å²) in [6.07, 6.45) is -7.99. The molecule has 4 heterocycles. The number of anilines is 1. The Bertz CT molecular complexity index is 2840. The van der Waals surface area contributed by atoms with Gasteiger partial charge in [-0.1, -0.05) is 40.6 Å². The summed E-state index contributed by atoms with van der Waals surface area (Å²) in [7, 11) is 0. The molecule has 0 unspecified atom stereocenters. The molecule has 0 aliphatic rings. The monoisotopic (exact) mass is 941 g/mol. The summed E-state index contributed by atoms with van der Waals surface area (Å²) in [6, 6.07) is 24.8. The molecular weight excluding hydrogens is 911 g/mol. The number of nitrogens with two attached hydrogens (primary N) is 1. The van der Waals surface area contributed by atoms with Crippen LogP contribution in [0.3, 0.4) is 0 Å². The number of aliphatic carboxylic acids is 1. The lowest BCUT2D eigenvalue weighted by molar-refractivity contribution is -0.160. The van der Waals surface area contributed by atoms with E-state index in [0.29, 0.717) is 35.2 Å². The third-order valence-corrected chi connectivity index (χ3v) is 10.4. The van der Waals surface area contributed by atoms with Gasteiger partial charge in [0.05, 0.1) is 27.8 Å². The van der Waals surface area contributed by atoms with Gasteiger partial charge in [-0.05, 0) is 72.3 Å². The van der Waals surface area contributed by atoms with Gasteiger partial charge >= 0.3 is 30.1 Å². The van der Waals surface area contributed by atoms with Gasteiger partial charge in [0.1, 0.15) is 17.4 Å². The molecule has 0 aliphatic carbocycles. The van der Waals surface area contributed by atoms with Gasteiger partial charge in [0.15, 0.2) is 0 Å². The summed E-state index contributed by atoms with van der Waals surface area (Å²) in [6.45, 7) is 0. The summed E-state index contributed by atoms with van der Waals surface area (Å²) in [5.74, 6) is -4.59. The van der Waals surface area contributed by atoms with Crippen molar-refractivity contribution < 1.29 is 58.9 Å². The van der Waals surface area contributed by atoms with Gasteiger partial charge in [-0.25, -0.2) is 18.7 Å². The molecule has 8 aromatic rings. The van der Waals surface area contributed by atoms with Crippen LogP contribution >= 0.6 is 22.7 Å². The van der Waals surface area contributed by atoms with E-state index in [9.17, 15) is 44.7 Å². The summed E-state index contributed by atoms with van der Waals surface area (Å²) >= 11 is 2.85. The molecule has 8 rings (SSSR count). The fraction of sp³-hybridized carbons (Fsp3) is 0.163. The van der Waals surface area contributed by atoms with Crippen molar-refractivity contribution in [1.29, 1.82) is 0 Å². The molecule has 4 aromatic heterocycles. The number of Topliss-reactive ketones (excluding diaryl/α,β-unsaturated/α-hetero) is 1. The van der Waals surface area contributed by atoms with Gasteiger partial charge in [0.25, 0.3) is 0 Å². The number of alkyl halides is 6. The third-order valence-electron chi connectivity index (χ3n) is 8.62. The number of hydrogen-bond acceptors (Lipinski definition) is 13. The SMILES string of the molecule is Nc1cccc(-c2noc(C(F)(F)F)n2)c1.O=C(CCc1nc(-c2ccc(F)cc2)cs1)Cc1cccc(-c2noc(C(F)(F)F)n2)c1.O=C(O)CCc1nc(-c2ccc(F)cc2)cs1. The van der Waals surface area contributed by atoms with E-state index in [1.165, 1.54) is 53.0 Å². The van der Waals surface area contributed by atoms with Crippen molar-refractivity contribution in [1.82, 2.24) is 30.2 Å². The number of nitrogen functional groups attached to an aromatic ring is 1. The zero-order valence-corrected chi connectivity index (χ0v) is 34.7. The first-order valence-electron chi connectivity index (χ1n) is 18.8. The van der Waals surface area contributed by atoms with Crippen LogP contribution in [0.2, 0.25) is 0 Å². The highest BCUT2D eigenvalue weighted by Crippen LogP contribution is 2.31. The van der Waals surface area contributed by atoms with Crippen LogP contribution in [0.5, 0.6) is 0 Å². The van der Waals surface area contributed by atoms with Crippen LogP contribution in [-0.2, 0) is 41.2 Å². The second-order valence-corrected chi connectivity index (χ2v) is 15.4. The van der Waals surface area contributed by atoms with E-state index in [1.807, 2.05) is 10.8 Å². The molecule has 0 bridgehead atoms. The fourth-order valence-corrected chi connectivity index (χ4v) is 7.16. The molecule has 4 aromatic carbocycles. The molecule has 22 heteroatoms. The topological polar surface area (TPSA) is 184 Å². The van der Waals surface area contributed by atoms with Crippen LogP contribution in [-0.4, -0.2) is 47.1 Å². The summed E-state index contributed by atoms with van der Waals surface area (Å²) in [5.41, 5.74) is 10.4. The van der Waals surface area contributed by atoms with Gasteiger partial charge in [-0.3, -0.25) is 9.59 Å². The first-order valence-corrected chi connectivity index (χ1v) is 20.6. The lowest BCUT2D eigenvalue weighted by Crippen LogP contribution is -2.05. The van der Waals surface area contributed by atoms with Crippen LogP contribution in [0, 0.1) is 11.6 Å². The van der Waals surface area contributed by atoms with Crippen LogP contribution < -0.4 is 5.73 Å². The minimum atomic E-state index is -4.72. The zero-order valence-electron chi connectivity index (χ0n) is 33.1. The van der Waals surface area contributed by atoms with Gasteiger partial charge < -0.3 is 19.9 Å². The van der Waals surface area contributed by atoms with Gasteiger partial charge in [0, 0.05) is 64.4 Å². The van der Waals surface area contributed by atoms with Crippen molar-refractivity contribution in [3.63, 3.8) is 0 Å². The normalized spacial score (nSPS) is 11.3. The highest BCUT2D eigenvalue weighted by atomic mass is 32.1. The number of aryl methyl sites for hydroxylation is 2. The minimum absolute atomic E-state index is 0.0372. The molecule has 65 heavy (non-hydrogen) atoms. The Morgan fingerprint density at radius 2 is 1.06 bits per heavy atom. The Kier molecular flexibility index (Phi) is 15.3. The van der Waals surface area contributed by atoms with Crippen molar-refractivity contribution in [2.75, 3.05) is 5.73 Å². The molecule has 0 amide bonds. The Labute approximate surface area is 370 Å². The number of carbonyl (C=O) groups is 2. The van der Waals surface area contributed by atoms with E-state index < -0.39 is 30.1 Å². The molecule has 0 saturated heterocycles. The lowest BCUT2D eigenvalue weighted by Gasteiger charge is -2.03. The number of aromatic nitrogens is 6. The average molecular weight is 942 g/mol. The van der Waals surface area contributed by atoms with Crippen molar-refractivity contribution >= 4 is 40.1 Å². The first kappa shape index (κ1) is 47.3. The largest absolute Gasteiger partial charge is 0.481 e. The van der Waals surface area contributed by atoms with E-state index >= 15 is 0 Å². The van der Waals surface area contributed by atoms with E-state index in [2.05, 4.69) is 39.3 Å². The Hall–Kier alpha value is -7.20. The average Bonchev–Trinajstić information content (AvgIpc) is 4.11. The molecule has 336 valence electrons. The second kappa shape index (κ2) is 21.0. The summed E-state index contributed by atoms with van der Waals surface area (Å²) < 4.78 is 109. The summed E-state index contributed by atoms with van der Waals surface area (Å²) in [4.78, 5) is 38.2. The number of thiazole rings is 2. The quantitative estimate of drug-likeness (QED) is 0.0874. The first-order chi connectivity index (χ1) is 30.9. The molecule has 0 atom stereocenters. The molecule has 0 radical (unpaired) electrons. The summed E-state index contributed by atoms with van der Waals surface area (Å²) in [5, 5.41) is 20.4. The number of carboxylic acids is 1. The number of carboxylic acid groups (broad SMARTS) is 1. The number of nitrogens with zero attached hydrogens (tertiary/aromatic N) is 6. The minimum Gasteiger partial charge on any atom is -0.481 e. The number of benzene rings is 4. The van der Waals surface area contributed by atoms with Crippen LogP contribution in [0.25, 0.3) is 45.3 Å². The standard InChI is InChI=1S/C22H15F4N3O2S.C12H10FNO2S.C9H6F3N3O/c23-16-6-4-14(5-7-16)18-12-32-19(27-18)9-8-17(30)11-13-2-1-3-15(10-13)20-28-21(31-29-20)22(24,25)26;13-9-3-1-8(2-4-9)10-7-17-11(14-10)5-6-12(15)16;10-9(11,12)8-14-7(15-16-8)5-2-1-3-6(13)4-5/h1-7,10,12H,8-9,11H2;1-4,7H,5-6H2,(H,15,16);1-4H,13H2. The molecule has 3 N–H and O–H groups in total. The highest BCUT2D eigenvalue weighted by Gasteiger charge is 2.39. The number of carbonyl (C=O) groups excluding carboxylic acids is 1. The van der Waals surface area contributed by atoms with Gasteiger partial charge in [-0.15, -0.1) is 22.7 Å². The predicted molar refractivity (Wildman–Crippen MR) is 222 cm³/mol. The molecule has 0 saturated carbocycles. The maximum Gasteiger partial charge on any atom is 0.471 e. The van der Waals surface area contributed by atoms with Crippen LogP contribution in [0.4, 0.5) is 40.8 Å². The van der Waals surface area contributed by atoms with Crippen molar-refractivity contribution in [3.05, 3.63) is 147 Å². The van der Waals surface area contributed by atoms with Crippen molar-refractivity contribution in [3.8, 4) is 45.3 Å². The van der Waals surface area contributed by atoms with Crippen LogP contribution in [0.15, 0.2) is 117 Å². The lowest BCUT2D eigenvalue weighted by atomic mass is 10.0. The Morgan fingerprint density at radius 3 is 1.51 bits per heavy atom. The highest BCUT2D eigenvalue weighted by molar-refractivity contribution is 7.10. The van der Waals surface area contributed by atoms with Crippen LogP contribution in [0.1, 0.15) is 40.2 Å². The van der Waals surface area contributed by atoms with E-state index in [1.54, 1.807) is 66.7 Å². The Morgan fingerprint density at radius 1 is 0.600 bits per heavy atom. The molecule has 12 nitrogen and oxygen atoms in total. The van der Waals surface area contributed by atoms with E-state index in [-0.39, 0.29) is 48.3 Å². The van der Waals surface area contributed by atoms with Crippen molar-refractivity contribution in [2.45, 2.75) is 44.5 Å². The number of rotatable bonds is 12. The van der Waals surface area contributed by atoms with E-state index in [4.69, 9.17) is 10.8 Å². The molecule has 0 spiro atoms. The number of hydrogen-bond donors (Lipinski definition) is 2. The second-order valence-electron chi connectivity index (χ2n) is 13.5. The smallest absolute Gasteiger partial charge is 0.471 e. The third kappa shape index (κ3) is 13.9. The molecule has 0 fully saturated rings. The van der Waals surface area contributed by atoms with Gasteiger partial charge in [-0.2, -0.15) is 36.3 Å². The maximum atomic E-state index is 13.1. The maximum absolute atomic E-state index is 13.1. The number of ketones is 1. The van der Waals surface area contributed by atoms with Crippen molar-refractivity contribution in [2.24, 2.45) is 0 Å². The Balaban J connectivity index is 0.000000178. The zero-order chi connectivity index (χ0) is 46.7. The van der Waals surface area contributed by atoms with E-state index in [0.717, 1.165) is 32.5 Å². The molecular formula is C43H31F8N7O5S2. The number of halogens is 8. The molecule has 0 aliphatic heterocycles.